The number of carbonyl (C=O) groups is 1. The van der Waals surface area contributed by atoms with E-state index < -0.39 is 0 Å². The number of hydrogen-bond donors (Lipinski definition) is 1. The molecular weight excluding hydrogens is 206 g/mol. The van der Waals surface area contributed by atoms with Gasteiger partial charge < -0.3 is 5.32 Å². The number of rotatable bonds is 3. The first-order chi connectivity index (χ1) is 7.23. The molecule has 2 rings (SSSR count). The lowest BCUT2D eigenvalue weighted by Gasteiger charge is -2.17. The van der Waals surface area contributed by atoms with Gasteiger partial charge in [0.05, 0.1) is 0 Å². The molecule has 1 aromatic rings. The van der Waals surface area contributed by atoms with Crippen LogP contribution in [0, 0.1) is 0 Å². The summed E-state index contributed by atoms with van der Waals surface area (Å²) in [7, 11) is 1.97. The molecule has 0 radical (unpaired) electrons. The molecular formula is C12H15NOS. The van der Waals surface area contributed by atoms with E-state index in [4.69, 9.17) is 0 Å². The monoisotopic (exact) mass is 221 g/mol. The average molecular weight is 221 g/mol. The maximum atomic E-state index is 11.8. The molecule has 80 valence electrons. The van der Waals surface area contributed by atoms with Gasteiger partial charge in [-0.05, 0) is 31.7 Å². The number of hydrogen-bond acceptors (Lipinski definition) is 3. The third-order valence-corrected chi connectivity index (χ3v) is 3.67. The van der Waals surface area contributed by atoms with Crippen molar-refractivity contribution in [1.29, 1.82) is 0 Å². The van der Waals surface area contributed by atoms with Crippen LogP contribution in [0.2, 0.25) is 0 Å². The van der Waals surface area contributed by atoms with Crippen LogP contribution in [-0.4, -0.2) is 18.4 Å². The molecule has 0 amide bonds. The molecule has 1 saturated carbocycles. The van der Waals surface area contributed by atoms with Gasteiger partial charge in [-0.15, -0.1) is 0 Å². The van der Waals surface area contributed by atoms with E-state index in [1.54, 1.807) is 0 Å². The van der Waals surface area contributed by atoms with Gasteiger partial charge in [-0.3, -0.25) is 4.79 Å². The van der Waals surface area contributed by atoms with Gasteiger partial charge in [-0.1, -0.05) is 36.0 Å². The van der Waals surface area contributed by atoms with Crippen molar-refractivity contribution in [3.05, 3.63) is 35.4 Å². The first-order valence-corrected chi connectivity index (χ1v) is 6.33. The van der Waals surface area contributed by atoms with E-state index in [1.807, 2.05) is 31.5 Å². The zero-order valence-corrected chi connectivity index (χ0v) is 9.86. The maximum absolute atomic E-state index is 11.8. The second-order valence-electron chi connectivity index (χ2n) is 3.87. The summed E-state index contributed by atoms with van der Waals surface area (Å²) >= 11 is 1.28. The standard InChI is InChI=1S/C12H15NOS/c1-13-12(7-8-12)10-6-4-3-5-9(10)11(14)15-2/h3-6,13H,7-8H2,1-2H3. The Morgan fingerprint density at radius 3 is 2.60 bits per heavy atom. The summed E-state index contributed by atoms with van der Waals surface area (Å²) in [5, 5.41) is 3.49. The molecule has 1 aliphatic rings. The number of nitrogens with one attached hydrogen (secondary N) is 1. The summed E-state index contributed by atoms with van der Waals surface area (Å²) < 4.78 is 0. The Morgan fingerprint density at radius 2 is 2.07 bits per heavy atom. The van der Waals surface area contributed by atoms with Crippen LogP contribution in [0.1, 0.15) is 28.8 Å². The van der Waals surface area contributed by atoms with Gasteiger partial charge in [0, 0.05) is 11.1 Å². The highest BCUT2D eigenvalue weighted by molar-refractivity contribution is 8.13. The summed E-state index contributed by atoms with van der Waals surface area (Å²) in [6.45, 7) is 0. The first-order valence-electron chi connectivity index (χ1n) is 5.10. The molecule has 0 unspecified atom stereocenters. The van der Waals surface area contributed by atoms with Gasteiger partial charge >= 0.3 is 0 Å². The Bertz CT molecular complexity index is 385. The van der Waals surface area contributed by atoms with Crippen molar-refractivity contribution in [2.45, 2.75) is 18.4 Å². The number of thioether (sulfide) groups is 1. The Kier molecular flexibility index (Phi) is 2.85. The molecule has 0 bridgehead atoms. The van der Waals surface area contributed by atoms with Crippen LogP contribution in [-0.2, 0) is 5.54 Å². The third kappa shape index (κ3) is 1.82. The highest BCUT2D eigenvalue weighted by atomic mass is 32.2. The normalized spacial score (nSPS) is 17.5. The van der Waals surface area contributed by atoms with E-state index >= 15 is 0 Å². The van der Waals surface area contributed by atoms with Crippen molar-refractivity contribution in [2.75, 3.05) is 13.3 Å². The van der Waals surface area contributed by atoms with Crippen molar-refractivity contribution in [3.8, 4) is 0 Å². The molecule has 15 heavy (non-hydrogen) atoms. The second-order valence-corrected chi connectivity index (χ2v) is 4.65. The van der Waals surface area contributed by atoms with Crippen LogP contribution in [0.3, 0.4) is 0 Å². The SMILES string of the molecule is CNC1(c2ccccc2C(=O)SC)CC1. The fourth-order valence-electron chi connectivity index (χ4n) is 1.97. The molecule has 1 aliphatic carbocycles. The van der Waals surface area contributed by atoms with Crippen molar-refractivity contribution >= 4 is 16.9 Å². The second kappa shape index (κ2) is 3.99. The molecule has 1 fully saturated rings. The molecule has 2 nitrogen and oxygen atoms in total. The quantitative estimate of drug-likeness (QED) is 0.849. The van der Waals surface area contributed by atoms with Crippen LogP contribution in [0.15, 0.2) is 24.3 Å². The van der Waals surface area contributed by atoms with Crippen molar-refractivity contribution in [2.24, 2.45) is 0 Å². The van der Waals surface area contributed by atoms with E-state index in [0.717, 1.165) is 24.0 Å². The predicted molar refractivity (Wildman–Crippen MR) is 64.3 cm³/mol. The van der Waals surface area contributed by atoms with Gasteiger partial charge in [-0.25, -0.2) is 0 Å². The van der Waals surface area contributed by atoms with Crippen molar-refractivity contribution in [3.63, 3.8) is 0 Å². The van der Waals surface area contributed by atoms with Crippen LogP contribution < -0.4 is 5.32 Å². The minimum Gasteiger partial charge on any atom is -0.310 e. The molecule has 0 heterocycles. The molecule has 0 saturated heterocycles. The molecule has 0 atom stereocenters. The average Bonchev–Trinajstić information content (AvgIpc) is 3.09. The lowest BCUT2D eigenvalue weighted by atomic mass is 9.99. The van der Waals surface area contributed by atoms with E-state index in [0.29, 0.717) is 0 Å². The van der Waals surface area contributed by atoms with E-state index in [1.165, 1.54) is 11.8 Å². The third-order valence-electron chi connectivity index (χ3n) is 3.08. The van der Waals surface area contributed by atoms with Crippen LogP contribution in [0.25, 0.3) is 0 Å². The highest BCUT2D eigenvalue weighted by Crippen LogP contribution is 2.46. The highest BCUT2D eigenvalue weighted by Gasteiger charge is 2.44. The lowest BCUT2D eigenvalue weighted by Crippen LogP contribution is -2.26. The molecule has 1 aromatic carbocycles. The molecule has 1 N–H and O–H groups in total. The summed E-state index contributed by atoms with van der Waals surface area (Å²) in [6.07, 6.45) is 4.09. The Balaban J connectivity index is 2.43. The van der Waals surface area contributed by atoms with Crippen LogP contribution in [0.4, 0.5) is 0 Å². The van der Waals surface area contributed by atoms with Crippen molar-refractivity contribution < 1.29 is 4.79 Å². The van der Waals surface area contributed by atoms with E-state index in [-0.39, 0.29) is 10.7 Å². The summed E-state index contributed by atoms with van der Waals surface area (Å²) in [5.74, 6) is 0. The zero-order valence-electron chi connectivity index (χ0n) is 9.04. The maximum Gasteiger partial charge on any atom is 0.219 e. The Morgan fingerprint density at radius 1 is 1.40 bits per heavy atom. The molecule has 0 spiro atoms. The number of benzene rings is 1. The van der Waals surface area contributed by atoms with E-state index in [2.05, 4.69) is 11.4 Å². The van der Waals surface area contributed by atoms with Gasteiger partial charge in [0.2, 0.25) is 5.12 Å². The minimum absolute atomic E-state index is 0.0714. The Hall–Kier alpha value is -0.800. The summed E-state index contributed by atoms with van der Waals surface area (Å²) in [5.41, 5.74) is 2.09. The summed E-state index contributed by atoms with van der Waals surface area (Å²) in [4.78, 5) is 11.8. The fraction of sp³-hybridized carbons (Fsp3) is 0.417. The first kappa shape index (κ1) is 10.7. The predicted octanol–water partition coefficient (Wildman–Crippen LogP) is 2.40. The van der Waals surface area contributed by atoms with E-state index in [9.17, 15) is 4.79 Å². The smallest absolute Gasteiger partial charge is 0.219 e. The molecule has 0 aromatic heterocycles. The topological polar surface area (TPSA) is 29.1 Å². The number of carbonyl (C=O) groups excluding carboxylic acids is 1. The van der Waals surface area contributed by atoms with Gasteiger partial charge in [-0.2, -0.15) is 0 Å². The lowest BCUT2D eigenvalue weighted by molar-refractivity contribution is 0.108. The fourth-order valence-corrected chi connectivity index (χ4v) is 2.37. The van der Waals surface area contributed by atoms with Gasteiger partial charge in [0.15, 0.2) is 0 Å². The Labute approximate surface area is 94.4 Å². The van der Waals surface area contributed by atoms with Crippen LogP contribution in [0.5, 0.6) is 0 Å². The van der Waals surface area contributed by atoms with Gasteiger partial charge in [0.25, 0.3) is 0 Å². The van der Waals surface area contributed by atoms with Crippen LogP contribution >= 0.6 is 11.8 Å². The zero-order chi connectivity index (χ0) is 10.9. The van der Waals surface area contributed by atoms with Crippen molar-refractivity contribution in [1.82, 2.24) is 5.32 Å². The molecule has 3 heteroatoms. The molecule has 0 aliphatic heterocycles. The van der Waals surface area contributed by atoms with Gasteiger partial charge in [0.1, 0.15) is 0 Å². The summed E-state index contributed by atoms with van der Waals surface area (Å²) in [6, 6.07) is 7.92. The largest absolute Gasteiger partial charge is 0.310 e. The minimum atomic E-state index is 0.0714.